The first-order chi connectivity index (χ1) is 33.8. The lowest BCUT2D eigenvalue weighted by molar-refractivity contribution is -0.144. The van der Waals surface area contributed by atoms with Crippen molar-refractivity contribution >= 4 is 43.6 Å². The molecule has 3 nitrogen and oxygen atoms in total. The number of hydrogen-bond donors (Lipinski definition) is 0. The summed E-state index contributed by atoms with van der Waals surface area (Å²) in [6, 6.07) is 32.0. The molecule has 0 unspecified atom stereocenters. The highest BCUT2D eigenvalue weighted by Crippen LogP contribution is 2.49. The van der Waals surface area contributed by atoms with Gasteiger partial charge in [0.1, 0.15) is 5.56 Å². The maximum atomic E-state index is 16.4. The minimum absolute atomic E-state index is 0.0171. The Hall–Kier alpha value is -8.20. The molecule has 362 valence electrons. The van der Waals surface area contributed by atoms with Crippen LogP contribution in [0, 0.1) is 11.3 Å². The second-order valence-electron chi connectivity index (χ2n) is 16.8. The van der Waals surface area contributed by atoms with Crippen molar-refractivity contribution < 1.29 is 65.9 Å². The highest BCUT2D eigenvalue weighted by atomic mass is 19.4. The second-order valence-corrected chi connectivity index (χ2v) is 16.8. The third-order valence-corrected chi connectivity index (χ3v) is 12.5. The van der Waals surface area contributed by atoms with Gasteiger partial charge in [0.15, 0.2) is 0 Å². The number of para-hydroxylation sites is 2. The second kappa shape index (κ2) is 16.4. The number of halogens is 15. The number of fused-ring (bicyclic) bond motifs is 6. The lowest BCUT2D eigenvalue weighted by Gasteiger charge is -2.23. The maximum absolute atomic E-state index is 16.4. The molecule has 0 saturated carbocycles. The molecule has 0 bridgehead atoms. The first-order valence-electron chi connectivity index (χ1n) is 21.2. The van der Waals surface area contributed by atoms with Crippen LogP contribution in [0.4, 0.5) is 65.9 Å². The van der Waals surface area contributed by atoms with Gasteiger partial charge in [0.2, 0.25) is 0 Å². The Kier molecular flexibility index (Phi) is 10.8. The van der Waals surface area contributed by atoms with Crippen molar-refractivity contribution in [2.45, 2.75) is 30.9 Å². The maximum Gasteiger partial charge on any atom is 0.420 e. The van der Waals surface area contributed by atoms with Crippen LogP contribution in [0.5, 0.6) is 0 Å². The van der Waals surface area contributed by atoms with Gasteiger partial charge in [-0.3, -0.25) is 0 Å². The number of benzene rings is 8. The minimum Gasteiger partial charge on any atom is -0.309 e. The Balaban J connectivity index is 1.28. The summed E-state index contributed by atoms with van der Waals surface area (Å²) in [6.45, 7) is 0. The van der Waals surface area contributed by atoms with Gasteiger partial charge in [-0.2, -0.15) is 71.1 Å². The molecule has 10 rings (SSSR count). The van der Waals surface area contributed by atoms with Gasteiger partial charge in [-0.05, 0) is 118 Å². The van der Waals surface area contributed by atoms with Gasteiger partial charge in [0.05, 0.1) is 67.3 Å². The Morgan fingerprint density at radius 2 is 0.764 bits per heavy atom. The minimum atomic E-state index is -5.26. The Bertz CT molecular complexity index is 3660. The fourth-order valence-corrected chi connectivity index (χ4v) is 9.40. The molecule has 2 aromatic heterocycles. The first kappa shape index (κ1) is 47.5. The van der Waals surface area contributed by atoms with Crippen LogP contribution in [0.15, 0.2) is 158 Å². The van der Waals surface area contributed by atoms with E-state index in [0.717, 1.165) is 12.1 Å². The summed E-state index contributed by atoms with van der Waals surface area (Å²) in [5, 5.41) is 10.6. The summed E-state index contributed by atoms with van der Waals surface area (Å²) >= 11 is 0. The van der Waals surface area contributed by atoms with Crippen molar-refractivity contribution in [3.05, 3.63) is 191 Å². The largest absolute Gasteiger partial charge is 0.420 e. The number of aromatic nitrogens is 2. The Labute approximate surface area is 395 Å². The fraction of sp³-hybridized carbons (Fsp3) is 0.0926. The van der Waals surface area contributed by atoms with Crippen LogP contribution in [0.2, 0.25) is 0 Å². The summed E-state index contributed by atoms with van der Waals surface area (Å²) in [5.74, 6) is 0. The zero-order valence-corrected chi connectivity index (χ0v) is 36.0. The molecule has 0 saturated heterocycles. The highest BCUT2D eigenvalue weighted by molar-refractivity contribution is 6.12. The van der Waals surface area contributed by atoms with E-state index >= 15 is 13.2 Å². The Morgan fingerprint density at radius 3 is 1.17 bits per heavy atom. The molecule has 2 heterocycles. The number of hydrogen-bond acceptors (Lipinski definition) is 1. The average molecular weight is 1000 g/mol. The molecule has 0 spiro atoms. The lowest BCUT2D eigenvalue weighted by atomic mass is 9.95. The van der Waals surface area contributed by atoms with Crippen LogP contribution in [0.3, 0.4) is 0 Å². The third kappa shape index (κ3) is 8.11. The van der Waals surface area contributed by atoms with E-state index in [1.165, 1.54) is 118 Å². The molecule has 0 radical (unpaired) electrons. The summed E-state index contributed by atoms with van der Waals surface area (Å²) in [4.78, 5) is 0. The standard InChI is InChI=1S/C54H26F15N3/c55-50(56,57)33-14-16-35(41(25-33)52(61,62)63)30-12-18-45-39(21-30)37-8-1-3-10-43(37)71(45)47-23-32(29-7-5-6-28(20-29)27-70)24-48(49(47)54(67,68)69)72-44-11-4-2-9-38(44)40-22-31(13-19-46(40)72)36-17-15-34(51(58,59)60)26-42(36)53(64,65)66/h1-26H. The van der Waals surface area contributed by atoms with E-state index in [-0.39, 0.29) is 83.6 Å². The van der Waals surface area contributed by atoms with Crippen molar-refractivity contribution in [2.75, 3.05) is 0 Å². The average Bonchev–Trinajstić information content (AvgIpc) is 3.84. The molecule has 0 aliphatic carbocycles. The summed E-state index contributed by atoms with van der Waals surface area (Å²) in [5.41, 5.74) is -9.47. The van der Waals surface area contributed by atoms with E-state index in [4.69, 9.17) is 0 Å². The molecule has 18 heteroatoms. The number of nitrogens with zero attached hydrogens (tertiary/aromatic N) is 3. The van der Waals surface area contributed by atoms with Crippen molar-refractivity contribution in [1.82, 2.24) is 9.13 Å². The molecule has 0 fully saturated rings. The van der Waals surface area contributed by atoms with Gasteiger partial charge in [-0.25, -0.2) is 0 Å². The van der Waals surface area contributed by atoms with E-state index in [2.05, 4.69) is 0 Å². The molecular formula is C54H26F15N3. The summed E-state index contributed by atoms with van der Waals surface area (Å²) in [6.07, 6.45) is -26.0. The van der Waals surface area contributed by atoms with Crippen LogP contribution in [-0.4, -0.2) is 9.13 Å². The molecule has 0 N–H and O–H groups in total. The van der Waals surface area contributed by atoms with Gasteiger partial charge in [0, 0.05) is 21.5 Å². The topological polar surface area (TPSA) is 33.6 Å². The molecule has 0 atom stereocenters. The third-order valence-electron chi connectivity index (χ3n) is 12.5. The molecule has 10 aromatic rings. The van der Waals surface area contributed by atoms with Gasteiger partial charge >= 0.3 is 30.9 Å². The van der Waals surface area contributed by atoms with Crippen LogP contribution in [0.1, 0.15) is 33.4 Å². The molecule has 0 aliphatic rings. The van der Waals surface area contributed by atoms with Gasteiger partial charge in [-0.1, -0.05) is 72.8 Å². The monoisotopic (exact) mass is 1000 g/mol. The SMILES string of the molecule is N#Cc1cccc(-c2cc(-n3c4ccccc4c4cc(-c5ccc(C(F)(F)F)cc5C(F)(F)F)ccc43)c(C(F)(F)F)c(-n3c4ccccc4c4cc(-c5ccc(C(F)(F)F)cc5C(F)(F)F)ccc43)c2)c1. The zero-order valence-electron chi connectivity index (χ0n) is 36.0. The summed E-state index contributed by atoms with van der Waals surface area (Å²) < 4.78 is 220. The van der Waals surface area contributed by atoms with Gasteiger partial charge < -0.3 is 9.13 Å². The molecular weight excluding hydrogens is 976 g/mol. The van der Waals surface area contributed by atoms with E-state index < -0.39 is 81.2 Å². The van der Waals surface area contributed by atoms with Crippen LogP contribution in [0.25, 0.3) is 88.4 Å². The Morgan fingerprint density at radius 1 is 0.333 bits per heavy atom. The van der Waals surface area contributed by atoms with Crippen LogP contribution >= 0.6 is 0 Å². The lowest BCUT2D eigenvalue weighted by Crippen LogP contribution is -2.16. The van der Waals surface area contributed by atoms with E-state index in [9.17, 15) is 57.9 Å². The van der Waals surface area contributed by atoms with Gasteiger partial charge in [0.25, 0.3) is 0 Å². The molecule has 8 aromatic carbocycles. The predicted molar refractivity (Wildman–Crippen MR) is 241 cm³/mol. The first-order valence-corrected chi connectivity index (χ1v) is 21.2. The van der Waals surface area contributed by atoms with Crippen molar-refractivity contribution in [1.29, 1.82) is 5.26 Å². The van der Waals surface area contributed by atoms with Crippen molar-refractivity contribution in [3.63, 3.8) is 0 Å². The van der Waals surface area contributed by atoms with Crippen molar-refractivity contribution in [2.24, 2.45) is 0 Å². The normalized spacial score (nSPS) is 12.9. The van der Waals surface area contributed by atoms with Crippen LogP contribution in [-0.2, 0) is 30.9 Å². The predicted octanol–water partition coefficient (Wildman–Crippen LogP) is 17.8. The molecule has 0 amide bonds. The smallest absolute Gasteiger partial charge is 0.309 e. The quantitative estimate of drug-likeness (QED) is 0.158. The highest BCUT2D eigenvalue weighted by Gasteiger charge is 2.42. The molecule has 0 aliphatic heterocycles. The van der Waals surface area contributed by atoms with E-state index in [0.29, 0.717) is 24.3 Å². The zero-order chi connectivity index (χ0) is 51.4. The van der Waals surface area contributed by atoms with E-state index in [1.54, 1.807) is 0 Å². The fourth-order valence-electron chi connectivity index (χ4n) is 9.40. The van der Waals surface area contributed by atoms with E-state index in [1.807, 2.05) is 6.07 Å². The number of alkyl halides is 15. The van der Waals surface area contributed by atoms with Crippen molar-refractivity contribution in [3.8, 4) is 50.8 Å². The van der Waals surface area contributed by atoms with Gasteiger partial charge in [-0.15, -0.1) is 0 Å². The number of rotatable bonds is 5. The number of nitriles is 1. The van der Waals surface area contributed by atoms with Crippen LogP contribution < -0.4 is 0 Å². The summed E-state index contributed by atoms with van der Waals surface area (Å²) in [7, 11) is 0. The molecule has 72 heavy (non-hydrogen) atoms.